The molecule has 1 aromatic carbocycles. The van der Waals surface area contributed by atoms with Crippen LogP contribution in [0.25, 0.3) is 0 Å². The number of benzene rings is 1. The highest BCUT2D eigenvalue weighted by Crippen LogP contribution is 2.22. The number of hydrogen-bond donors (Lipinski definition) is 1. The zero-order chi connectivity index (χ0) is 13.0. The van der Waals surface area contributed by atoms with Crippen LogP contribution in [0.3, 0.4) is 0 Å². The first-order valence-corrected chi connectivity index (χ1v) is 6.86. The lowest BCUT2D eigenvalue weighted by atomic mass is 10.2. The number of rotatable bonds is 5. The Morgan fingerprint density at radius 2 is 1.94 bits per heavy atom. The van der Waals surface area contributed by atoms with Crippen LogP contribution in [-0.4, -0.2) is 23.2 Å². The van der Waals surface area contributed by atoms with E-state index in [-0.39, 0.29) is 6.61 Å². The minimum absolute atomic E-state index is 0.158. The normalized spacial score (nSPS) is 10.6. The predicted octanol–water partition coefficient (Wildman–Crippen LogP) is 2.76. The predicted molar refractivity (Wildman–Crippen MR) is 76.2 cm³/mol. The first-order chi connectivity index (χ1) is 8.70. The van der Waals surface area contributed by atoms with Gasteiger partial charge in [-0.05, 0) is 26.0 Å². The van der Waals surface area contributed by atoms with Gasteiger partial charge in [-0.3, -0.25) is 0 Å². The molecule has 0 spiro atoms. The Hall–Kier alpha value is -1.39. The van der Waals surface area contributed by atoms with E-state index in [0.29, 0.717) is 6.54 Å². The first-order valence-electron chi connectivity index (χ1n) is 6.04. The van der Waals surface area contributed by atoms with Crippen molar-refractivity contribution >= 4 is 17.0 Å². The molecule has 3 nitrogen and oxygen atoms in total. The Kier molecular flexibility index (Phi) is 4.33. The van der Waals surface area contributed by atoms with E-state index in [4.69, 9.17) is 0 Å². The molecule has 0 aliphatic carbocycles. The summed E-state index contributed by atoms with van der Waals surface area (Å²) >= 11 is 1.73. The van der Waals surface area contributed by atoms with Gasteiger partial charge in [0.05, 0.1) is 23.9 Å². The summed E-state index contributed by atoms with van der Waals surface area (Å²) in [5.74, 6) is 0. The fourth-order valence-electron chi connectivity index (χ4n) is 1.95. The molecule has 0 aliphatic heterocycles. The molecule has 1 aromatic heterocycles. The van der Waals surface area contributed by atoms with Crippen molar-refractivity contribution in [3.05, 3.63) is 45.9 Å². The number of aliphatic hydroxyl groups excluding tert-OH is 1. The van der Waals surface area contributed by atoms with Gasteiger partial charge in [-0.25, -0.2) is 4.98 Å². The molecule has 0 unspecified atom stereocenters. The van der Waals surface area contributed by atoms with E-state index in [2.05, 4.69) is 22.0 Å². The second-order valence-corrected chi connectivity index (χ2v) is 5.51. The molecule has 0 radical (unpaired) electrons. The summed E-state index contributed by atoms with van der Waals surface area (Å²) in [6.45, 7) is 5.68. The summed E-state index contributed by atoms with van der Waals surface area (Å²) in [7, 11) is 0. The minimum atomic E-state index is 0.158. The van der Waals surface area contributed by atoms with Crippen LogP contribution in [0, 0.1) is 13.8 Å². The fraction of sp³-hybridized carbons (Fsp3) is 0.357. The van der Waals surface area contributed by atoms with Crippen LogP contribution >= 0.6 is 11.3 Å². The second kappa shape index (κ2) is 5.98. The van der Waals surface area contributed by atoms with E-state index >= 15 is 0 Å². The van der Waals surface area contributed by atoms with Crippen molar-refractivity contribution in [2.24, 2.45) is 0 Å². The molecular formula is C14H18N2OS. The molecule has 2 rings (SSSR count). The van der Waals surface area contributed by atoms with Crippen LogP contribution in [0.15, 0.2) is 30.3 Å². The first kappa shape index (κ1) is 13.1. The van der Waals surface area contributed by atoms with Gasteiger partial charge in [0.1, 0.15) is 0 Å². The van der Waals surface area contributed by atoms with Crippen molar-refractivity contribution in [1.29, 1.82) is 0 Å². The zero-order valence-corrected chi connectivity index (χ0v) is 11.6. The highest BCUT2D eigenvalue weighted by Gasteiger charge is 2.11. The average molecular weight is 262 g/mol. The number of thiazole rings is 1. The summed E-state index contributed by atoms with van der Waals surface area (Å²) in [6, 6.07) is 10.2. The number of hydrogen-bond acceptors (Lipinski definition) is 4. The molecular weight excluding hydrogens is 244 g/mol. The molecule has 1 N–H and O–H groups in total. The Morgan fingerprint density at radius 1 is 1.22 bits per heavy atom. The number of anilines is 1. The van der Waals surface area contributed by atoms with Gasteiger partial charge in [0, 0.05) is 17.1 Å². The van der Waals surface area contributed by atoms with Gasteiger partial charge in [-0.1, -0.05) is 18.2 Å². The number of aryl methyl sites for hydroxylation is 2. The summed E-state index contributed by atoms with van der Waals surface area (Å²) in [6.07, 6.45) is 0. The van der Waals surface area contributed by atoms with Crippen LogP contribution in [0.5, 0.6) is 0 Å². The van der Waals surface area contributed by atoms with E-state index in [1.807, 2.05) is 32.0 Å². The quantitative estimate of drug-likeness (QED) is 0.900. The van der Waals surface area contributed by atoms with Gasteiger partial charge in [0.2, 0.25) is 0 Å². The highest BCUT2D eigenvalue weighted by atomic mass is 32.1. The Morgan fingerprint density at radius 3 is 2.50 bits per heavy atom. The lowest BCUT2D eigenvalue weighted by Crippen LogP contribution is -2.25. The van der Waals surface area contributed by atoms with E-state index in [1.54, 1.807) is 11.3 Å². The maximum absolute atomic E-state index is 9.20. The molecule has 1 heterocycles. The summed E-state index contributed by atoms with van der Waals surface area (Å²) in [4.78, 5) is 7.90. The van der Waals surface area contributed by atoms with E-state index in [1.165, 1.54) is 4.88 Å². The van der Waals surface area contributed by atoms with Crippen LogP contribution in [-0.2, 0) is 6.54 Å². The summed E-state index contributed by atoms with van der Waals surface area (Å²) in [5, 5.41) is 10.3. The molecule has 18 heavy (non-hydrogen) atoms. The largest absolute Gasteiger partial charge is 0.395 e. The van der Waals surface area contributed by atoms with Gasteiger partial charge in [-0.15, -0.1) is 11.3 Å². The van der Waals surface area contributed by atoms with Crippen LogP contribution in [0.2, 0.25) is 0 Å². The van der Waals surface area contributed by atoms with E-state index in [9.17, 15) is 5.11 Å². The summed E-state index contributed by atoms with van der Waals surface area (Å²) in [5.41, 5.74) is 2.23. The van der Waals surface area contributed by atoms with Crippen molar-refractivity contribution in [1.82, 2.24) is 4.98 Å². The molecule has 0 atom stereocenters. The van der Waals surface area contributed by atoms with Gasteiger partial charge >= 0.3 is 0 Å². The molecule has 0 bridgehead atoms. The number of para-hydroxylation sites is 1. The molecule has 0 fully saturated rings. The number of aromatic nitrogens is 1. The fourth-order valence-corrected chi connectivity index (χ4v) is 2.91. The molecule has 0 saturated carbocycles. The van der Waals surface area contributed by atoms with Crippen molar-refractivity contribution in [2.75, 3.05) is 18.1 Å². The molecule has 96 valence electrons. The maximum Gasteiger partial charge on any atom is 0.0900 e. The monoisotopic (exact) mass is 262 g/mol. The van der Waals surface area contributed by atoms with E-state index < -0.39 is 0 Å². The smallest absolute Gasteiger partial charge is 0.0900 e. The van der Waals surface area contributed by atoms with Gasteiger partial charge in [-0.2, -0.15) is 0 Å². The van der Waals surface area contributed by atoms with Gasteiger partial charge < -0.3 is 10.0 Å². The minimum Gasteiger partial charge on any atom is -0.395 e. The van der Waals surface area contributed by atoms with Crippen molar-refractivity contribution in [3.8, 4) is 0 Å². The molecule has 0 aliphatic rings. The SMILES string of the molecule is Cc1nc(C)c(CN(CCO)c2ccccc2)s1. The van der Waals surface area contributed by atoms with Crippen LogP contribution in [0.1, 0.15) is 15.6 Å². The third kappa shape index (κ3) is 3.09. The van der Waals surface area contributed by atoms with Gasteiger partial charge in [0.15, 0.2) is 0 Å². The van der Waals surface area contributed by atoms with Gasteiger partial charge in [0.25, 0.3) is 0 Å². The molecule has 0 saturated heterocycles. The van der Waals surface area contributed by atoms with Crippen molar-refractivity contribution in [3.63, 3.8) is 0 Å². The third-order valence-electron chi connectivity index (χ3n) is 2.83. The van der Waals surface area contributed by atoms with Crippen molar-refractivity contribution in [2.45, 2.75) is 20.4 Å². The highest BCUT2D eigenvalue weighted by molar-refractivity contribution is 7.11. The Labute approximate surface area is 112 Å². The number of nitrogens with zero attached hydrogens (tertiary/aromatic N) is 2. The molecule has 2 aromatic rings. The summed E-state index contributed by atoms with van der Waals surface area (Å²) < 4.78 is 0. The third-order valence-corrected chi connectivity index (χ3v) is 3.88. The lowest BCUT2D eigenvalue weighted by molar-refractivity contribution is 0.301. The van der Waals surface area contributed by atoms with Crippen LogP contribution < -0.4 is 4.90 Å². The topological polar surface area (TPSA) is 36.4 Å². The average Bonchev–Trinajstić information content (AvgIpc) is 2.68. The Balaban J connectivity index is 2.19. The van der Waals surface area contributed by atoms with E-state index in [0.717, 1.165) is 22.9 Å². The van der Waals surface area contributed by atoms with Crippen LogP contribution in [0.4, 0.5) is 5.69 Å². The number of aliphatic hydroxyl groups is 1. The molecule has 0 amide bonds. The van der Waals surface area contributed by atoms with Crippen molar-refractivity contribution < 1.29 is 5.11 Å². The lowest BCUT2D eigenvalue weighted by Gasteiger charge is -2.23. The second-order valence-electron chi connectivity index (χ2n) is 4.22. The Bertz CT molecular complexity index is 496. The zero-order valence-electron chi connectivity index (χ0n) is 10.8. The maximum atomic E-state index is 9.20. The standard InChI is InChI=1S/C14H18N2OS/c1-11-14(18-12(2)15-11)10-16(8-9-17)13-6-4-3-5-7-13/h3-7,17H,8-10H2,1-2H3. The molecule has 4 heteroatoms.